The normalized spacial score (nSPS) is 13.8. The van der Waals surface area contributed by atoms with Gasteiger partial charge in [-0.25, -0.2) is 4.98 Å². The average molecular weight is 548 g/mol. The topological polar surface area (TPSA) is 129 Å². The Kier molecular flexibility index (Phi) is 5.96. The van der Waals surface area contributed by atoms with Crippen LogP contribution >= 0.6 is 11.3 Å². The maximum atomic E-state index is 12.6. The van der Waals surface area contributed by atoms with Crippen LogP contribution in [-0.4, -0.2) is 41.8 Å². The van der Waals surface area contributed by atoms with E-state index in [1.54, 1.807) is 31.7 Å². The summed E-state index contributed by atoms with van der Waals surface area (Å²) in [5.74, 6) is 0.193. The van der Waals surface area contributed by atoms with E-state index in [4.69, 9.17) is 0 Å². The first kappa shape index (κ1) is 24.3. The van der Waals surface area contributed by atoms with Crippen molar-refractivity contribution >= 4 is 50.7 Å². The minimum Gasteiger partial charge on any atom is -0.338 e. The summed E-state index contributed by atoms with van der Waals surface area (Å²) in [7, 11) is 0. The smallest absolute Gasteiger partial charge is 0.227 e. The van der Waals surface area contributed by atoms with Crippen LogP contribution in [0, 0.1) is 5.92 Å². The van der Waals surface area contributed by atoms with E-state index in [0.29, 0.717) is 5.69 Å². The summed E-state index contributed by atoms with van der Waals surface area (Å²) in [4.78, 5) is 43.1. The predicted molar refractivity (Wildman–Crippen MR) is 156 cm³/mol. The number of hydrogen-bond acceptors (Lipinski definition) is 7. The molecule has 6 heterocycles. The molecule has 0 atom stereocenters. The van der Waals surface area contributed by atoms with Gasteiger partial charge in [0, 0.05) is 45.1 Å². The van der Waals surface area contributed by atoms with Crippen LogP contribution in [0.5, 0.6) is 0 Å². The zero-order valence-electron chi connectivity index (χ0n) is 21.7. The molecule has 0 aromatic carbocycles. The molecule has 0 bridgehead atoms. The van der Waals surface area contributed by atoms with Crippen molar-refractivity contribution in [2.75, 3.05) is 5.32 Å². The van der Waals surface area contributed by atoms with Crippen LogP contribution in [0.4, 0.5) is 5.69 Å². The van der Waals surface area contributed by atoms with E-state index in [1.165, 1.54) is 11.3 Å². The number of carbonyl (C=O) groups is 2. The van der Waals surface area contributed by atoms with Crippen molar-refractivity contribution in [1.29, 1.82) is 0 Å². The number of pyridine rings is 3. The van der Waals surface area contributed by atoms with Gasteiger partial charge < -0.3 is 10.3 Å². The van der Waals surface area contributed by atoms with Gasteiger partial charge in [-0.1, -0.05) is 12.8 Å². The summed E-state index contributed by atoms with van der Waals surface area (Å²) >= 11 is 1.48. The Hall–Kier alpha value is -4.70. The van der Waals surface area contributed by atoms with E-state index in [-0.39, 0.29) is 17.6 Å². The van der Waals surface area contributed by atoms with Crippen LogP contribution in [0.3, 0.4) is 0 Å². The number of aromatic amines is 2. The fourth-order valence-corrected chi connectivity index (χ4v) is 6.34. The Morgan fingerprint density at radius 1 is 1.00 bits per heavy atom. The van der Waals surface area contributed by atoms with E-state index in [1.807, 2.05) is 36.4 Å². The second-order valence-corrected chi connectivity index (χ2v) is 11.2. The van der Waals surface area contributed by atoms with Crippen molar-refractivity contribution in [2.24, 2.45) is 5.92 Å². The molecule has 7 rings (SSSR count). The zero-order valence-corrected chi connectivity index (χ0v) is 22.5. The van der Waals surface area contributed by atoms with E-state index in [0.717, 1.165) is 85.6 Å². The molecule has 1 fully saturated rings. The number of amides is 1. The number of Topliss-reactive ketones (excluding diaryl/α,β-unsaturated/α-hetero) is 1. The summed E-state index contributed by atoms with van der Waals surface area (Å²) in [5, 5.41) is 12.5. The summed E-state index contributed by atoms with van der Waals surface area (Å²) in [6, 6.07) is 11.7. The van der Waals surface area contributed by atoms with Crippen molar-refractivity contribution < 1.29 is 9.59 Å². The molecular weight excluding hydrogens is 522 g/mol. The first-order valence-electron chi connectivity index (χ1n) is 13.2. The Labute approximate surface area is 233 Å². The van der Waals surface area contributed by atoms with Crippen LogP contribution in [0.15, 0.2) is 61.2 Å². The van der Waals surface area contributed by atoms with Gasteiger partial charge >= 0.3 is 0 Å². The molecule has 40 heavy (non-hydrogen) atoms. The summed E-state index contributed by atoms with van der Waals surface area (Å²) in [5.41, 5.74) is 6.31. The molecule has 1 aliphatic rings. The maximum absolute atomic E-state index is 12.6. The number of H-pyrrole nitrogens is 2. The quantitative estimate of drug-likeness (QED) is 0.201. The summed E-state index contributed by atoms with van der Waals surface area (Å²) in [6.45, 7) is 1.58. The number of fused-ring (bicyclic) bond motifs is 2. The third-order valence-corrected chi connectivity index (χ3v) is 8.70. The number of ketones is 1. The van der Waals surface area contributed by atoms with E-state index in [2.05, 4.69) is 35.5 Å². The number of aromatic nitrogens is 6. The minimum absolute atomic E-state index is 0.0562. The molecule has 6 aromatic heterocycles. The van der Waals surface area contributed by atoms with Gasteiger partial charge in [0.25, 0.3) is 0 Å². The van der Waals surface area contributed by atoms with Crippen molar-refractivity contribution in [3.8, 4) is 33.1 Å². The lowest BCUT2D eigenvalue weighted by atomic mass is 10.1. The lowest BCUT2D eigenvalue weighted by molar-refractivity contribution is -0.119. The third kappa shape index (κ3) is 4.36. The van der Waals surface area contributed by atoms with Gasteiger partial charge in [-0.3, -0.25) is 24.7 Å². The molecule has 0 saturated heterocycles. The number of nitrogens with one attached hydrogen (secondary N) is 3. The van der Waals surface area contributed by atoms with Crippen LogP contribution in [0.1, 0.15) is 42.3 Å². The Morgan fingerprint density at radius 3 is 2.70 bits per heavy atom. The van der Waals surface area contributed by atoms with Crippen LogP contribution in [-0.2, 0) is 4.79 Å². The van der Waals surface area contributed by atoms with Crippen molar-refractivity contribution in [3.05, 3.63) is 66.1 Å². The number of carbonyl (C=O) groups excluding carboxylic acids is 2. The highest BCUT2D eigenvalue weighted by atomic mass is 32.1. The Morgan fingerprint density at radius 2 is 1.88 bits per heavy atom. The SMILES string of the molecule is CC(=O)c1ccc(-c2ccnc3[nH]c(-c4n[nH]c5cnc(-c6cncc(NC(=O)C7CCCC7)c6)cc45)cc23)s1. The Bertz CT molecular complexity index is 1910. The molecule has 10 heteroatoms. The van der Waals surface area contributed by atoms with Crippen LogP contribution in [0.25, 0.3) is 55.0 Å². The number of nitrogens with zero attached hydrogens (tertiary/aromatic N) is 4. The molecule has 1 saturated carbocycles. The van der Waals surface area contributed by atoms with Gasteiger partial charge in [0.2, 0.25) is 5.91 Å². The lowest BCUT2D eigenvalue weighted by Gasteiger charge is -2.11. The summed E-state index contributed by atoms with van der Waals surface area (Å²) in [6.07, 6.45) is 11.0. The average Bonchev–Trinajstić information content (AvgIpc) is 3.78. The van der Waals surface area contributed by atoms with Gasteiger partial charge in [-0.2, -0.15) is 5.10 Å². The molecule has 0 aliphatic heterocycles. The second kappa shape index (κ2) is 9.80. The molecule has 6 aromatic rings. The minimum atomic E-state index is 0.0562. The van der Waals surface area contributed by atoms with Crippen LogP contribution < -0.4 is 5.32 Å². The fraction of sp³-hybridized carbons (Fsp3) is 0.200. The standard InChI is InChI=1S/C30H25N7O2S/c1-16(38)26-6-7-27(40-26)20-8-9-32-29-21(20)11-24(35-29)28-22-12-23(33-15-25(22)36-37-28)18-10-19(14-31-13-18)34-30(39)17-4-2-3-5-17/h6-15,17H,2-5H2,1H3,(H,32,35)(H,34,39)(H,36,37). The Balaban J connectivity index is 1.24. The van der Waals surface area contributed by atoms with Gasteiger partial charge in [-0.05, 0) is 56.2 Å². The van der Waals surface area contributed by atoms with Gasteiger partial charge in [-0.15, -0.1) is 11.3 Å². The number of anilines is 1. The van der Waals surface area contributed by atoms with E-state index >= 15 is 0 Å². The molecule has 0 radical (unpaired) electrons. The highest BCUT2D eigenvalue weighted by Crippen LogP contribution is 2.37. The molecule has 0 spiro atoms. The fourth-order valence-electron chi connectivity index (χ4n) is 5.40. The molecule has 9 nitrogen and oxygen atoms in total. The third-order valence-electron chi connectivity index (χ3n) is 7.48. The van der Waals surface area contributed by atoms with Crippen molar-refractivity contribution in [3.63, 3.8) is 0 Å². The van der Waals surface area contributed by atoms with Crippen molar-refractivity contribution in [1.82, 2.24) is 30.1 Å². The first-order chi connectivity index (χ1) is 19.5. The van der Waals surface area contributed by atoms with Crippen molar-refractivity contribution in [2.45, 2.75) is 32.6 Å². The van der Waals surface area contributed by atoms with Crippen LogP contribution in [0.2, 0.25) is 0 Å². The number of hydrogen-bond donors (Lipinski definition) is 3. The van der Waals surface area contributed by atoms with E-state index < -0.39 is 0 Å². The number of thiophene rings is 1. The number of rotatable bonds is 6. The van der Waals surface area contributed by atoms with Gasteiger partial charge in [0.1, 0.15) is 11.3 Å². The summed E-state index contributed by atoms with van der Waals surface area (Å²) < 4.78 is 0. The highest BCUT2D eigenvalue weighted by molar-refractivity contribution is 7.17. The molecule has 1 amide bonds. The predicted octanol–water partition coefficient (Wildman–Crippen LogP) is 6.62. The molecule has 1 aliphatic carbocycles. The van der Waals surface area contributed by atoms with Gasteiger partial charge in [0.05, 0.1) is 39.9 Å². The largest absolute Gasteiger partial charge is 0.338 e. The first-order valence-corrected chi connectivity index (χ1v) is 14.0. The molecule has 198 valence electrons. The monoisotopic (exact) mass is 547 g/mol. The zero-order chi connectivity index (χ0) is 27.2. The van der Waals surface area contributed by atoms with E-state index in [9.17, 15) is 9.59 Å². The van der Waals surface area contributed by atoms with Gasteiger partial charge in [0.15, 0.2) is 5.78 Å². The highest BCUT2D eigenvalue weighted by Gasteiger charge is 2.23. The molecule has 0 unspecified atom stereocenters. The maximum Gasteiger partial charge on any atom is 0.227 e. The molecule has 3 N–H and O–H groups in total. The lowest BCUT2D eigenvalue weighted by Crippen LogP contribution is -2.20. The molecular formula is C30H25N7O2S. The second-order valence-electron chi connectivity index (χ2n) is 10.1.